The zero-order chi connectivity index (χ0) is 15.8. The highest BCUT2D eigenvalue weighted by Gasteiger charge is 2.62. The molecule has 1 rings (SSSR count). The van der Waals surface area contributed by atoms with Gasteiger partial charge in [-0.1, -0.05) is 13.3 Å². The summed E-state index contributed by atoms with van der Waals surface area (Å²) in [6.07, 6.45) is 0.853. The minimum atomic E-state index is -0.912. The smallest absolute Gasteiger partial charge is 0.408 e. The highest BCUT2D eigenvalue weighted by molar-refractivity contribution is 5.89. The Labute approximate surface area is 121 Å². The van der Waals surface area contributed by atoms with Gasteiger partial charge in [-0.2, -0.15) is 0 Å². The number of amides is 1. The molecule has 2 atom stereocenters. The minimum absolute atomic E-state index is 0.116. The minimum Gasteiger partial charge on any atom is -0.458 e. The molecule has 0 aromatic rings. The zero-order valence-electron chi connectivity index (χ0n) is 13.6. The molecule has 0 aliphatic heterocycles. The number of carbonyl (C=O) groups is 2. The van der Waals surface area contributed by atoms with Gasteiger partial charge < -0.3 is 14.8 Å². The summed E-state index contributed by atoms with van der Waals surface area (Å²) in [5.74, 6) is -0.257. The largest absolute Gasteiger partial charge is 0.458 e. The second kappa shape index (κ2) is 5.26. The third-order valence-corrected chi connectivity index (χ3v) is 3.09. The molecule has 1 amide bonds. The lowest BCUT2D eigenvalue weighted by Crippen LogP contribution is -2.49. The van der Waals surface area contributed by atoms with Gasteiger partial charge in [0.05, 0.1) is 0 Å². The van der Waals surface area contributed by atoms with Crippen LogP contribution in [0, 0.1) is 5.92 Å². The van der Waals surface area contributed by atoms with E-state index in [1.807, 2.05) is 27.7 Å². The number of hydrogen-bond donors (Lipinski definition) is 1. The predicted octanol–water partition coefficient (Wildman–Crippen LogP) is 3.02. The lowest BCUT2D eigenvalue weighted by atomic mass is 10.1. The molecular formula is C15H27NO4. The Morgan fingerprint density at radius 3 is 1.95 bits per heavy atom. The first-order valence-electron chi connectivity index (χ1n) is 7.14. The van der Waals surface area contributed by atoms with E-state index in [9.17, 15) is 9.59 Å². The van der Waals surface area contributed by atoms with Crippen molar-refractivity contribution in [2.75, 3.05) is 0 Å². The van der Waals surface area contributed by atoms with Crippen molar-refractivity contribution in [3.8, 4) is 0 Å². The number of nitrogens with one attached hydrogen (secondary N) is 1. The van der Waals surface area contributed by atoms with E-state index in [-0.39, 0.29) is 11.9 Å². The summed E-state index contributed by atoms with van der Waals surface area (Å²) in [6.45, 7) is 12.8. The summed E-state index contributed by atoms with van der Waals surface area (Å²) >= 11 is 0. The van der Waals surface area contributed by atoms with E-state index >= 15 is 0 Å². The Morgan fingerprint density at radius 2 is 1.60 bits per heavy atom. The van der Waals surface area contributed by atoms with E-state index in [1.165, 1.54) is 0 Å². The van der Waals surface area contributed by atoms with Gasteiger partial charge in [-0.25, -0.2) is 9.59 Å². The molecular weight excluding hydrogens is 258 g/mol. The number of alkyl carbamates (subject to hydrolysis) is 1. The summed E-state index contributed by atoms with van der Waals surface area (Å²) in [5, 5.41) is 2.71. The monoisotopic (exact) mass is 285 g/mol. The average molecular weight is 285 g/mol. The summed E-state index contributed by atoms with van der Waals surface area (Å²) in [5.41, 5.74) is -2.07. The predicted molar refractivity (Wildman–Crippen MR) is 76.3 cm³/mol. The normalized spacial score (nSPS) is 25.9. The highest BCUT2D eigenvalue weighted by Crippen LogP contribution is 2.47. The number of esters is 1. The molecule has 0 bridgehead atoms. The van der Waals surface area contributed by atoms with Gasteiger partial charge in [0.25, 0.3) is 0 Å². The number of hydrogen-bond acceptors (Lipinski definition) is 4. The summed E-state index contributed by atoms with van der Waals surface area (Å²) in [4.78, 5) is 24.2. The quantitative estimate of drug-likeness (QED) is 0.809. The van der Waals surface area contributed by atoms with Crippen molar-refractivity contribution in [3.63, 3.8) is 0 Å². The van der Waals surface area contributed by atoms with Crippen LogP contribution in [0.2, 0.25) is 0 Å². The molecule has 0 spiro atoms. The van der Waals surface area contributed by atoms with Crippen LogP contribution in [0.5, 0.6) is 0 Å². The molecule has 1 fully saturated rings. The van der Waals surface area contributed by atoms with Gasteiger partial charge in [0.1, 0.15) is 16.7 Å². The van der Waals surface area contributed by atoms with Crippen molar-refractivity contribution in [2.24, 2.45) is 5.92 Å². The SMILES string of the molecule is CC[C@@H]1C[C@]1(NC(=O)OC(C)(C)C)C(=O)OC(C)(C)C. The van der Waals surface area contributed by atoms with Crippen LogP contribution in [0.15, 0.2) is 0 Å². The summed E-state index contributed by atoms with van der Waals surface area (Å²) in [6, 6.07) is 0. The van der Waals surface area contributed by atoms with Gasteiger partial charge in [-0.15, -0.1) is 0 Å². The molecule has 0 saturated heterocycles. The summed E-state index contributed by atoms with van der Waals surface area (Å²) in [7, 11) is 0. The van der Waals surface area contributed by atoms with E-state index in [2.05, 4.69) is 5.32 Å². The molecule has 0 aromatic carbocycles. The van der Waals surface area contributed by atoms with Crippen molar-refractivity contribution < 1.29 is 19.1 Å². The Balaban J connectivity index is 2.75. The van der Waals surface area contributed by atoms with E-state index < -0.39 is 22.8 Å². The molecule has 116 valence electrons. The summed E-state index contributed by atoms with van der Waals surface area (Å²) < 4.78 is 10.6. The second-order valence-corrected chi connectivity index (χ2v) is 7.41. The van der Waals surface area contributed by atoms with E-state index in [0.717, 1.165) is 6.42 Å². The molecule has 0 heterocycles. The van der Waals surface area contributed by atoms with Crippen LogP contribution >= 0.6 is 0 Å². The van der Waals surface area contributed by atoms with Gasteiger partial charge in [0.15, 0.2) is 0 Å². The first kappa shape index (κ1) is 16.8. The molecule has 0 aromatic heterocycles. The third kappa shape index (κ3) is 4.39. The second-order valence-electron chi connectivity index (χ2n) is 7.41. The molecule has 0 radical (unpaired) electrons. The van der Waals surface area contributed by atoms with Gasteiger partial charge in [0, 0.05) is 0 Å². The first-order chi connectivity index (χ1) is 8.89. The molecule has 1 saturated carbocycles. The average Bonchev–Trinajstić information content (AvgIpc) is 2.86. The van der Waals surface area contributed by atoms with Crippen molar-refractivity contribution >= 4 is 12.1 Å². The van der Waals surface area contributed by atoms with Crippen LogP contribution in [0.3, 0.4) is 0 Å². The maximum atomic E-state index is 12.3. The fourth-order valence-electron chi connectivity index (χ4n) is 2.13. The van der Waals surface area contributed by atoms with Crippen molar-refractivity contribution in [1.82, 2.24) is 5.32 Å². The topological polar surface area (TPSA) is 64.6 Å². The Kier molecular flexibility index (Phi) is 4.42. The maximum absolute atomic E-state index is 12.3. The molecule has 5 nitrogen and oxygen atoms in total. The number of carbonyl (C=O) groups excluding carboxylic acids is 2. The Hall–Kier alpha value is -1.26. The van der Waals surface area contributed by atoms with Crippen LogP contribution in [0.25, 0.3) is 0 Å². The van der Waals surface area contributed by atoms with Crippen molar-refractivity contribution in [1.29, 1.82) is 0 Å². The van der Waals surface area contributed by atoms with Crippen LogP contribution in [0.4, 0.5) is 4.79 Å². The molecule has 1 aliphatic rings. The van der Waals surface area contributed by atoms with Crippen LogP contribution < -0.4 is 5.32 Å². The molecule has 0 unspecified atom stereocenters. The highest BCUT2D eigenvalue weighted by atomic mass is 16.6. The molecule has 1 aliphatic carbocycles. The molecule has 1 N–H and O–H groups in total. The zero-order valence-corrected chi connectivity index (χ0v) is 13.6. The Bertz CT molecular complexity index is 392. The van der Waals surface area contributed by atoms with Crippen molar-refractivity contribution in [2.45, 2.75) is 78.0 Å². The van der Waals surface area contributed by atoms with Gasteiger partial charge in [0.2, 0.25) is 0 Å². The molecule has 5 heteroatoms. The van der Waals surface area contributed by atoms with Crippen LogP contribution in [-0.4, -0.2) is 28.8 Å². The van der Waals surface area contributed by atoms with Crippen LogP contribution in [-0.2, 0) is 14.3 Å². The van der Waals surface area contributed by atoms with Crippen molar-refractivity contribution in [3.05, 3.63) is 0 Å². The fourth-order valence-corrected chi connectivity index (χ4v) is 2.13. The number of rotatable bonds is 3. The van der Waals surface area contributed by atoms with E-state index in [0.29, 0.717) is 6.42 Å². The molecule has 20 heavy (non-hydrogen) atoms. The first-order valence-corrected chi connectivity index (χ1v) is 7.14. The van der Waals surface area contributed by atoms with Crippen LogP contribution in [0.1, 0.15) is 61.3 Å². The Morgan fingerprint density at radius 1 is 1.10 bits per heavy atom. The lowest BCUT2D eigenvalue weighted by Gasteiger charge is -2.27. The number of ether oxygens (including phenoxy) is 2. The third-order valence-electron chi connectivity index (χ3n) is 3.09. The van der Waals surface area contributed by atoms with Gasteiger partial charge in [-0.05, 0) is 53.9 Å². The van der Waals surface area contributed by atoms with E-state index in [1.54, 1.807) is 20.8 Å². The van der Waals surface area contributed by atoms with Gasteiger partial charge in [-0.3, -0.25) is 0 Å². The fraction of sp³-hybridized carbons (Fsp3) is 0.867. The standard InChI is InChI=1S/C15H27NO4/c1-8-10-9-15(10,11(17)19-13(2,3)4)16-12(18)20-14(5,6)7/h10H,8-9H2,1-7H3,(H,16,18)/t10-,15-/m1/s1. The maximum Gasteiger partial charge on any atom is 0.408 e. The van der Waals surface area contributed by atoms with Gasteiger partial charge >= 0.3 is 12.1 Å². The van der Waals surface area contributed by atoms with E-state index in [4.69, 9.17) is 9.47 Å². The lowest BCUT2D eigenvalue weighted by molar-refractivity contribution is -0.159.